The molecule has 0 fully saturated rings. The van der Waals surface area contributed by atoms with E-state index in [1.165, 1.54) is 10.2 Å². The van der Waals surface area contributed by atoms with Crippen molar-refractivity contribution in [2.75, 3.05) is 0 Å². The average Bonchev–Trinajstić information content (AvgIpc) is 2.34. The van der Waals surface area contributed by atoms with Crippen molar-refractivity contribution in [3.05, 3.63) is 17.6 Å². The van der Waals surface area contributed by atoms with Gasteiger partial charge in [0.25, 0.3) is 0 Å². The van der Waals surface area contributed by atoms with Crippen LogP contribution in [0.4, 0.5) is 0 Å². The van der Waals surface area contributed by atoms with E-state index < -0.39 is 0 Å². The summed E-state index contributed by atoms with van der Waals surface area (Å²) in [6.45, 7) is 0. The Bertz CT molecular complexity index is 501. The van der Waals surface area contributed by atoms with Gasteiger partial charge in [-0.25, -0.2) is 0 Å². The lowest BCUT2D eigenvalue weighted by Gasteiger charge is -2.02. The lowest BCUT2D eigenvalue weighted by atomic mass is 10.3. The number of pyridine rings is 1. The highest BCUT2D eigenvalue weighted by molar-refractivity contribution is 7.18. The topological polar surface area (TPSA) is 44.5 Å². The Morgan fingerprint density at radius 2 is 2.36 bits per heavy atom. The van der Waals surface area contributed by atoms with Crippen molar-refractivity contribution in [3.8, 4) is 0 Å². The molecular weight excluding hydrogens is 158 g/mol. The van der Waals surface area contributed by atoms with Crippen LogP contribution in [0.15, 0.2) is 17.6 Å². The minimum Gasteiger partial charge on any atom is -0.297 e. The van der Waals surface area contributed by atoms with Crippen molar-refractivity contribution >= 4 is 32.6 Å². The van der Waals surface area contributed by atoms with Crippen molar-refractivity contribution < 1.29 is 0 Å². The molecule has 0 amide bonds. The summed E-state index contributed by atoms with van der Waals surface area (Å²) in [6.07, 6.45) is 1.85. The van der Waals surface area contributed by atoms with Gasteiger partial charge in [0.1, 0.15) is 0 Å². The Morgan fingerprint density at radius 3 is 3.18 bits per heavy atom. The standard InChI is InChI=1S/C7H5N3S/c1-2-11-7-4(1)8-3-5-6(7)10-9-5/h1-3,9-10H. The van der Waals surface area contributed by atoms with Crippen LogP contribution in [0, 0.1) is 0 Å². The molecule has 0 aliphatic carbocycles. The number of H-pyrrole nitrogens is 2. The third kappa shape index (κ3) is 0.550. The monoisotopic (exact) mass is 163 g/mol. The van der Waals surface area contributed by atoms with Crippen LogP contribution in [0.25, 0.3) is 21.3 Å². The van der Waals surface area contributed by atoms with E-state index in [1.54, 1.807) is 11.3 Å². The molecule has 0 unspecified atom stereocenters. The van der Waals surface area contributed by atoms with Crippen molar-refractivity contribution in [2.45, 2.75) is 0 Å². The summed E-state index contributed by atoms with van der Waals surface area (Å²) in [4.78, 5) is 4.26. The number of hydrogen-bond donors (Lipinski definition) is 2. The highest BCUT2D eigenvalue weighted by atomic mass is 32.1. The maximum atomic E-state index is 4.26. The van der Waals surface area contributed by atoms with Gasteiger partial charge in [0.2, 0.25) is 0 Å². The number of fused-ring (bicyclic) bond motifs is 3. The molecule has 54 valence electrons. The molecule has 3 heterocycles. The molecule has 0 bridgehead atoms. The Labute approximate surface area is 66.0 Å². The first kappa shape index (κ1) is 5.37. The Hall–Kier alpha value is -1.29. The number of hydrogen-bond acceptors (Lipinski definition) is 2. The summed E-state index contributed by atoms with van der Waals surface area (Å²) >= 11 is 1.71. The zero-order chi connectivity index (χ0) is 7.26. The molecule has 0 aliphatic heterocycles. The van der Waals surface area contributed by atoms with Gasteiger partial charge in [0.15, 0.2) is 0 Å². The van der Waals surface area contributed by atoms with E-state index in [0.29, 0.717) is 0 Å². The largest absolute Gasteiger partial charge is 0.297 e. The van der Waals surface area contributed by atoms with Gasteiger partial charge in [0, 0.05) is 0 Å². The number of nitrogens with zero attached hydrogens (tertiary/aromatic N) is 1. The molecule has 0 saturated carbocycles. The van der Waals surface area contributed by atoms with E-state index in [0.717, 1.165) is 11.0 Å². The fourth-order valence-electron chi connectivity index (χ4n) is 1.20. The predicted molar refractivity (Wildman–Crippen MR) is 45.8 cm³/mol. The second-order valence-electron chi connectivity index (χ2n) is 2.43. The SMILES string of the molecule is c1cc2ncc3[nH][nH]c3c2s1. The summed E-state index contributed by atoms with van der Waals surface area (Å²) < 4.78 is 1.24. The summed E-state index contributed by atoms with van der Waals surface area (Å²) in [5, 5.41) is 8.06. The highest BCUT2D eigenvalue weighted by Crippen LogP contribution is 2.25. The normalized spacial score (nSPS) is 11.6. The van der Waals surface area contributed by atoms with Crippen LogP contribution in [0.5, 0.6) is 0 Å². The maximum Gasteiger partial charge on any atom is 0.0999 e. The van der Waals surface area contributed by atoms with Crippen LogP contribution in [0.1, 0.15) is 0 Å². The van der Waals surface area contributed by atoms with E-state index in [9.17, 15) is 0 Å². The molecule has 3 rings (SSSR count). The van der Waals surface area contributed by atoms with Crippen molar-refractivity contribution in [1.29, 1.82) is 0 Å². The number of thiophene rings is 1. The lowest BCUT2D eigenvalue weighted by Crippen LogP contribution is -1.91. The Balaban J connectivity index is 2.69. The fraction of sp³-hybridized carbons (Fsp3) is 0. The van der Waals surface area contributed by atoms with Gasteiger partial charge in [-0.15, -0.1) is 11.3 Å². The molecule has 0 aromatic carbocycles. The van der Waals surface area contributed by atoms with Crippen LogP contribution < -0.4 is 0 Å². The first-order chi connectivity index (χ1) is 5.45. The molecule has 4 heteroatoms. The van der Waals surface area contributed by atoms with Crippen LogP contribution >= 0.6 is 11.3 Å². The number of aromatic nitrogens is 3. The first-order valence-corrected chi connectivity index (χ1v) is 4.21. The zero-order valence-electron chi connectivity index (χ0n) is 5.59. The smallest absolute Gasteiger partial charge is 0.0999 e. The molecule has 0 aliphatic rings. The summed E-state index contributed by atoms with van der Waals surface area (Å²) in [7, 11) is 0. The van der Waals surface area contributed by atoms with Gasteiger partial charge in [-0.1, -0.05) is 0 Å². The van der Waals surface area contributed by atoms with E-state index in [4.69, 9.17) is 0 Å². The van der Waals surface area contributed by atoms with E-state index in [2.05, 4.69) is 20.6 Å². The number of aromatic amines is 2. The molecule has 11 heavy (non-hydrogen) atoms. The van der Waals surface area contributed by atoms with Gasteiger partial charge in [-0.05, 0) is 11.4 Å². The van der Waals surface area contributed by atoms with Crippen molar-refractivity contribution in [2.24, 2.45) is 0 Å². The molecule has 3 aromatic heterocycles. The number of nitrogens with one attached hydrogen (secondary N) is 2. The molecule has 0 atom stereocenters. The molecule has 0 radical (unpaired) electrons. The zero-order valence-corrected chi connectivity index (χ0v) is 6.40. The number of rotatable bonds is 0. The molecular formula is C7H5N3S. The molecule has 3 nitrogen and oxygen atoms in total. The van der Waals surface area contributed by atoms with Crippen LogP contribution in [0.2, 0.25) is 0 Å². The van der Waals surface area contributed by atoms with E-state index in [-0.39, 0.29) is 0 Å². The van der Waals surface area contributed by atoms with Crippen LogP contribution in [-0.4, -0.2) is 15.2 Å². The summed E-state index contributed by atoms with van der Waals surface area (Å²) in [5.41, 5.74) is 3.35. The van der Waals surface area contributed by atoms with Gasteiger partial charge in [0.05, 0.1) is 27.4 Å². The molecule has 0 spiro atoms. The second kappa shape index (κ2) is 1.65. The van der Waals surface area contributed by atoms with Crippen LogP contribution in [-0.2, 0) is 0 Å². The van der Waals surface area contributed by atoms with E-state index >= 15 is 0 Å². The summed E-state index contributed by atoms with van der Waals surface area (Å²) in [5.74, 6) is 0. The van der Waals surface area contributed by atoms with Gasteiger partial charge >= 0.3 is 0 Å². The molecule has 2 N–H and O–H groups in total. The average molecular weight is 163 g/mol. The third-order valence-electron chi connectivity index (χ3n) is 1.80. The molecule has 3 aromatic rings. The Morgan fingerprint density at radius 1 is 1.36 bits per heavy atom. The fourth-order valence-corrected chi connectivity index (χ4v) is 2.05. The first-order valence-electron chi connectivity index (χ1n) is 3.33. The lowest BCUT2D eigenvalue weighted by molar-refractivity contribution is 1.07. The van der Waals surface area contributed by atoms with Crippen molar-refractivity contribution in [3.63, 3.8) is 0 Å². The maximum absolute atomic E-state index is 4.26. The summed E-state index contributed by atoms with van der Waals surface area (Å²) in [6, 6.07) is 2.03. The predicted octanol–water partition coefficient (Wildman–Crippen LogP) is 2.11. The van der Waals surface area contributed by atoms with E-state index in [1.807, 2.05) is 12.3 Å². The van der Waals surface area contributed by atoms with Gasteiger partial charge in [-0.2, -0.15) is 0 Å². The second-order valence-corrected chi connectivity index (χ2v) is 3.35. The van der Waals surface area contributed by atoms with Gasteiger partial charge in [-0.3, -0.25) is 15.2 Å². The van der Waals surface area contributed by atoms with Crippen molar-refractivity contribution in [1.82, 2.24) is 15.2 Å². The quantitative estimate of drug-likeness (QED) is 0.523. The highest BCUT2D eigenvalue weighted by Gasteiger charge is 2.04. The minimum atomic E-state index is 1.07. The van der Waals surface area contributed by atoms with Gasteiger partial charge < -0.3 is 0 Å². The van der Waals surface area contributed by atoms with Crippen LogP contribution in [0.3, 0.4) is 0 Å². The molecule has 0 saturated heterocycles. The Kier molecular flexibility index (Phi) is 0.806. The minimum absolute atomic E-state index is 1.07. The third-order valence-corrected chi connectivity index (χ3v) is 2.72.